The van der Waals surface area contributed by atoms with Crippen LogP contribution in [0.5, 0.6) is 5.88 Å². The number of nitrogen functional groups attached to an aromatic ring is 1. The first-order valence-corrected chi connectivity index (χ1v) is 8.92. The van der Waals surface area contributed by atoms with Crippen LogP contribution in [0.25, 0.3) is 10.9 Å². The Bertz CT molecular complexity index is 997. The molecule has 3 aromatic rings. The molecule has 4 rings (SSSR count). The Morgan fingerprint density at radius 2 is 2.29 bits per heavy atom. The van der Waals surface area contributed by atoms with E-state index >= 15 is 0 Å². The maximum Gasteiger partial charge on any atom is 0.276 e. The third-order valence-electron chi connectivity index (χ3n) is 4.42. The van der Waals surface area contributed by atoms with E-state index in [1.807, 2.05) is 19.2 Å². The summed E-state index contributed by atoms with van der Waals surface area (Å²) in [7, 11) is 1.82. The number of benzene rings is 1. The SMILES string of the molecule is Cn1nc(OC[C@@H]2COCCO2)c2ccc(NC(=O)c3ncccc3N)cc21. The molecule has 9 nitrogen and oxygen atoms in total. The van der Waals surface area contributed by atoms with E-state index in [0.717, 1.165) is 10.9 Å². The van der Waals surface area contributed by atoms with Gasteiger partial charge < -0.3 is 25.3 Å². The molecule has 1 fully saturated rings. The van der Waals surface area contributed by atoms with Crippen molar-refractivity contribution in [3.8, 4) is 5.88 Å². The second kappa shape index (κ2) is 7.83. The van der Waals surface area contributed by atoms with Crippen LogP contribution in [0.15, 0.2) is 36.5 Å². The lowest BCUT2D eigenvalue weighted by Crippen LogP contribution is -2.33. The summed E-state index contributed by atoms with van der Waals surface area (Å²) in [5.74, 6) is 0.143. The Morgan fingerprint density at radius 1 is 1.39 bits per heavy atom. The number of pyridine rings is 1. The summed E-state index contributed by atoms with van der Waals surface area (Å²) in [5.41, 5.74) is 7.76. The first kappa shape index (κ1) is 18.2. The number of ether oxygens (including phenoxy) is 3. The number of amides is 1. The van der Waals surface area contributed by atoms with Gasteiger partial charge in [0.25, 0.3) is 5.91 Å². The van der Waals surface area contributed by atoms with E-state index in [1.165, 1.54) is 6.20 Å². The van der Waals surface area contributed by atoms with Gasteiger partial charge >= 0.3 is 0 Å². The summed E-state index contributed by atoms with van der Waals surface area (Å²) < 4.78 is 18.5. The summed E-state index contributed by atoms with van der Waals surface area (Å²) in [4.78, 5) is 16.4. The fourth-order valence-electron chi connectivity index (χ4n) is 3.01. The Morgan fingerprint density at radius 3 is 3.07 bits per heavy atom. The summed E-state index contributed by atoms with van der Waals surface area (Å²) in [5, 5.41) is 8.07. The number of fused-ring (bicyclic) bond motifs is 1. The summed E-state index contributed by atoms with van der Waals surface area (Å²) in [6.45, 7) is 2.06. The van der Waals surface area contributed by atoms with Gasteiger partial charge in [0, 0.05) is 18.9 Å². The number of nitrogens with two attached hydrogens (primary N) is 1. The second-order valence-electron chi connectivity index (χ2n) is 6.43. The van der Waals surface area contributed by atoms with Crippen LogP contribution in [0.4, 0.5) is 11.4 Å². The van der Waals surface area contributed by atoms with Crippen LogP contribution in [-0.2, 0) is 16.5 Å². The molecule has 0 spiro atoms. The first-order valence-electron chi connectivity index (χ1n) is 8.92. The molecule has 0 bridgehead atoms. The number of aryl methyl sites for hydroxylation is 1. The minimum Gasteiger partial charge on any atom is -0.473 e. The van der Waals surface area contributed by atoms with Gasteiger partial charge in [0.15, 0.2) is 5.69 Å². The summed E-state index contributed by atoms with van der Waals surface area (Å²) in [6, 6.07) is 8.78. The molecular weight excluding hydrogens is 362 g/mol. The van der Waals surface area contributed by atoms with E-state index in [1.54, 1.807) is 22.9 Å². The maximum atomic E-state index is 12.4. The van der Waals surface area contributed by atoms with Crippen molar-refractivity contribution in [3.05, 3.63) is 42.2 Å². The van der Waals surface area contributed by atoms with Gasteiger partial charge in [-0.3, -0.25) is 9.48 Å². The Labute approximate surface area is 161 Å². The molecule has 1 aliphatic rings. The van der Waals surface area contributed by atoms with Gasteiger partial charge in [-0.05, 0) is 30.3 Å². The lowest BCUT2D eigenvalue weighted by molar-refractivity contribution is -0.101. The Kier molecular flexibility index (Phi) is 5.09. The van der Waals surface area contributed by atoms with Gasteiger partial charge in [0.05, 0.1) is 36.4 Å². The molecule has 3 N–H and O–H groups in total. The van der Waals surface area contributed by atoms with Gasteiger partial charge in [-0.15, -0.1) is 5.10 Å². The first-order chi connectivity index (χ1) is 13.6. The zero-order valence-corrected chi connectivity index (χ0v) is 15.4. The lowest BCUT2D eigenvalue weighted by Gasteiger charge is -2.22. The van der Waals surface area contributed by atoms with Crippen molar-refractivity contribution in [2.24, 2.45) is 7.05 Å². The van der Waals surface area contributed by atoms with Crippen molar-refractivity contribution in [1.29, 1.82) is 0 Å². The number of aromatic nitrogens is 3. The van der Waals surface area contributed by atoms with Gasteiger partial charge in [0.2, 0.25) is 5.88 Å². The average molecular weight is 383 g/mol. The van der Waals surface area contributed by atoms with Crippen LogP contribution >= 0.6 is 0 Å². The molecule has 28 heavy (non-hydrogen) atoms. The highest BCUT2D eigenvalue weighted by Crippen LogP contribution is 2.27. The number of carbonyl (C=O) groups excluding carboxylic acids is 1. The van der Waals surface area contributed by atoms with Crippen LogP contribution < -0.4 is 15.8 Å². The van der Waals surface area contributed by atoms with E-state index in [4.69, 9.17) is 19.9 Å². The third-order valence-corrected chi connectivity index (χ3v) is 4.42. The number of anilines is 2. The average Bonchev–Trinajstić information content (AvgIpc) is 3.03. The number of carbonyl (C=O) groups is 1. The van der Waals surface area contributed by atoms with Crippen molar-refractivity contribution >= 4 is 28.2 Å². The molecule has 0 aliphatic carbocycles. The minimum absolute atomic E-state index is 0.104. The molecule has 0 radical (unpaired) electrons. The molecule has 1 amide bonds. The van der Waals surface area contributed by atoms with Crippen LogP contribution in [0, 0.1) is 0 Å². The van der Waals surface area contributed by atoms with Crippen LogP contribution in [-0.4, -0.2) is 53.2 Å². The summed E-state index contributed by atoms with van der Waals surface area (Å²) in [6.07, 6.45) is 1.42. The second-order valence-corrected chi connectivity index (χ2v) is 6.43. The molecule has 9 heteroatoms. The van der Waals surface area contributed by atoms with Crippen molar-refractivity contribution in [3.63, 3.8) is 0 Å². The monoisotopic (exact) mass is 383 g/mol. The minimum atomic E-state index is -0.370. The fraction of sp³-hybridized carbons (Fsp3) is 0.316. The molecule has 1 aromatic carbocycles. The zero-order chi connectivity index (χ0) is 19.5. The molecule has 1 aliphatic heterocycles. The Balaban J connectivity index is 1.50. The van der Waals surface area contributed by atoms with Crippen LogP contribution in [0.1, 0.15) is 10.5 Å². The van der Waals surface area contributed by atoms with Gasteiger partial charge in [-0.2, -0.15) is 0 Å². The maximum absolute atomic E-state index is 12.4. The standard InChI is InChI=1S/C19H21N5O4/c1-24-16-9-12(22-18(25)17-15(20)3-2-6-21-17)4-5-14(16)19(23-24)28-11-13-10-26-7-8-27-13/h2-6,9,13H,7-8,10-11,20H2,1H3,(H,22,25)/t13-/m0/s1. The van der Waals surface area contributed by atoms with Gasteiger partial charge in [-0.25, -0.2) is 4.98 Å². The molecule has 146 valence electrons. The number of nitrogens with zero attached hydrogens (tertiary/aromatic N) is 3. The quantitative estimate of drug-likeness (QED) is 0.688. The lowest BCUT2D eigenvalue weighted by atomic mass is 10.2. The third kappa shape index (κ3) is 3.75. The topological polar surface area (TPSA) is 114 Å². The largest absolute Gasteiger partial charge is 0.473 e. The zero-order valence-electron chi connectivity index (χ0n) is 15.4. The van der Waals surface area contributed by atoms with Gasteiger partial charge in [-0.1, -0.05) is 0 Å². The van der Waals surface area contributed by atoms with E-state index in [9.17, 15) is 4.79 Å². The van der Waals surface area contributed by atoms with Crippen molar-refractivity contribution in [2.75, 3.05) is 37.5 Å². The molecule has 1 saturated heterocycles. The molecule has 2 aromatic heterocycles. The molecule has 0 saturated carbocycles. The van der Waals surface area contributed by atoms with Gasteiger partial charge in [0.1, 0.15) is 12.7 Å². The highest BCUT2D eigenvalue weighted by molar-refractivity contribution is 6.06. The summed E-state index contributed by atoms with van der Waals surface area (Å²) >= 11 is 0. The van der Waals surface area contributed by atoms with E-state index < -0.39 is 0 Å². The Hall–Kier alpha value is -3.17. The van der Waals surface area contributed by atoms with Crippen molar-refractivity contribution in [1.82, 2.24) is 14.8 Å². The van der Waals surface area contributed by atoms with E-state index in [2.05, 4.69) is 15.4 Å². The number of rotatable bonds is 5. The van der Waals surface area contributed by atoms with E-state index in [-0.39, 0.29) is 17.7 Å². The highest BCUT2D eigenvalue weighted by atomic mass is 16.6. The smallest absolute Gasteiger partial charge is 0.276 e. The predicted molar refractivity (Wildman–Crippen MR) is 103 cm³/mol. The van der Waals surface area contributed by atoms with Crippen LogP contribution in [0.2, 0.25) is 0 Å². The predicted octanol–water partition coefficient (Wildman–Crippen LogP) is 1.60. The highest BCUT2D eigenvalue weighted by Gasteiger charge is 2.18. The molecule has 1 atom stereocenters. The number of nitrogens with one attached hydrogen (secondary N) is 1. The normalized spacial score (nSPS) is 16.8. The molecule has 0 unspecified atom stereocenters. The van der Waals surface area contributed by atoms with Crippen molar-refractivity contribution < 1.29 is 19.0 Å². The molecule has 3 heterocycles. The van der Waals surface area contributed by atoms with E-state index in [0.29, 0.717) is 43.7 Å². The fourth-order valence-corrected chi connectivity index (χ4v) is 3.01. The van der Waals surface area contributed by atoms with Crippen molar-refractivity contribution in [2.45, 2.75) is 6.10 Å². The molecular formula is C19H21N5O4. The number of hydrogen-bond acceptors (Lipinski definition) is 7. The number of hydrogen-bond donors (Lipinski definition) is 2. The van der Waals surface area contributed by atoms with Crippen LogP contribution in [0.3, 0.4) is 0 Å².